The van der Waals surface area contributed by atoms with Crippen LogP contribution in [-0.4, -0.2) is 67.5 Å². The second kappa shape index (κ2) is 6.15. The van der Waals surface area contributed by atoms with E-state index in [1.54, 1.807) is 16.9 Å². The standard InChI is InChI=1S/C22H22N6O/c1-26-15-4-5-16(26)13-27(12-15)22(29)19-11-25-28-8-6-14(9-20(19)28)18-10-24-21-17(18)3-2-7-23-21/h2-3,6-11,15-16H,4-5,12-13H2,1H3,(H,23,24). The lowest BCUT2D eigenvalue weighted by molar-refractivity contribution is 0.0526. The Kier molecular flexibility index (Phi) is 3.55. The first-order chi connectivity index (χ1) is 14.2. The second-order valence-corrected chi connectivity index (χ2v) is 8.17. The Morgan fingerprint density at radius 3 is 2.86 bits per heavy atom. The van der Waals surface area contributed by atoms with E-state index in [1.165, 1.54) is 12.8 Å². The van der Waals surface area contributed by atoms with Crippen LogP contribution in [0.3, 0.4) is 0 Å². The van der Waals surface area contributed by atoms with E-state index in [0.717, 1.165) is 40.8 Å². The van der Waals surface area contributed by atoms with Crippen molar-refractivity contribution in [1.82, 2.24) is 29.4 Å². The number of nitrogens with zero attached hydrogens (tertiary/aromatic N) is 5. The van der Waals surface area contributed by atoms with E-state index in [0.29, 0.717) is 17.6 Å². The number of pyridine rings is 2. The summed E-state index contributed by atoms with van der Waals surface area (Å²) < 4.78 is 1.79. The van der Waals surface area contributed by atoms with Crippen LogP contribution in [0.2, 0.25) is 0 Å². The molecule has 2 aliphatic heterocycles. The number of hydrogen-bond acceptors (Lipinski definition) is 4. The lowest BCUT2D eigenvalue weighted by Crippen LogP contribution is -2.53. The number of fused-ring (bicyclic) bond motifs is 4. The van der Waals surface area contributed by atoms with Gasteiger partial charge in [-0.3, -0.25) is 9.69 Å². The minimum atomic E-state index is 0.0859. The minimum Gasteiger partial charge on any atom is -0.346 e. The number of likely N-dealkylation sites (N-methyl/N-ethyl adjacent to an activating group) is 1. The molecule has 7 nitrogen and oxygen atoms in total. The van der Waals surface area contributed by atoms with E-state index < -0.39 is 0 Å². The van der Waals surface area contributed by atoms with Crippen LogP contribution < -0.4 is 0 Å². The number of likely N-dealkylation sites (tertiary alicyclic amines) is 1. The molecule has 29 heavy (non-hydrogen) atoms. The maximum atomic E-state index is 13.3. The largest absolute Gasteiger partial charge is 0.346 e. The number of H-pyrrole nitrogens is 1. The summed E-state index contributed by atoms with van der Waals surface area (Å²) in [5.41, 5.74) is 4.50. The number of nitrogens with one attached hydrogen (secondary N) is 1. The number of aromatic nitrogens is 4. The number of rotatable bonds is 2. The number of aromatic amines is 1. The number of piperazine rings is 1. The van der Waals surface area contributed by atoms with Crippen molar-refractivity contribution in [3.8, 4) is 11.1 Å². The monoisotopic (exact) mass is 386 g/mol. The fraction of sp³-hybridized carbons (Fsp3) is 0.318. The van der Waals surface area contributed by atoms with E-state index in [9.17, 15) is 4.79 Å². The first-order valence-corrected chi connectivity index (χ1v) is 10.1. The molecule has 2 bridgehead atoms. The van der Waals surface area contributed by atoms with Gasteiger partial charge in [0.05, 0.1) is 17.3 Å². The van der Waals surface area contributed by atoms with Crippen LogP contribution in [0.25, 0.3) is 27.7 Å². The molecule has 2 unspecified atom stereocenters. The van der Waals surface area contributed by atoms with Gasteiger partial charge < -0.3 is 9.88 Å². The van der Waals surface area contributed by atoms with E-state index in [2.05, 4.69) is 39.1 Å². The first kappa shape index (κ1) is 16.7. The lowest BCUT2D eigenvalue weighted by Gasteiger charge is -2.38. The van der Waals surface area contributed by atoms with Gasteiger partial charge in [0.2, 0.25) is 0 Å². The molecule has 2 atom stereocenters. The Labute approximate surface area is 167 Å². The fourth-order valence-corrected chi connectivity index (χ4v) is 4.96. The second-order valence-electron chi connectivity index (χ2n) is 8.17. The molecule has 0 spiro atoms. The molecule has 4 aromatic heterocycles. The summed E-state index contributed by atoms with van der Waals surface area (Å²) in [6, 6.07) is 9.04. The van der Waals surface area contributed by atoms with Crippen LogP contribution in [0.5, 0.6) is 0 Å². The van der Waals surface area contributed by atoms with Crippen molar-refractivity contribution in [2.45, 2.75) is 24.9 Å². The van der Waals surface area contributed by atoms with Crippen LogP contribution in [0.1, 0.15) is 23.2 Å². The van der Waals surface area contributed by atoms with Crippen LogP contribution >= 0.6 is 0 Å². The van der Waals surface area contributed by atoms with Gasteiger partial charge in [-0.05, 0) is 49.7 Å². The zero-order chi connectivity index (χ0) is 19.5. The van der Waals surface area contributed by atoms with Gasteiger partial charge in [0, 0.05) is 54.7 Å². The Morgan fingerprint density at radius 1 is 1.21 bits per heavy atom. The number of carbonyl (C=O) groups excluding carboxylic acids is 1. The predicted octanol–water partition coefficient (Wildman–Crippen LogP) is 2.80. The number of amides is 1. The van der Waals surface area contributed by atoms with Crippen molar-refractivity contribution in [2.24, 2.45) is 0 Å². The van der Waals surface area contributed by atoms with Gasteiger partial charge in [-0.2, -0.15) is 5.10 Å². The first-order valence-electron chi connectivity index (χ1n) is 10.1. The average molecular weight is 386 g/mol. The molecule has 146 valence electrons. The Morgan fingerprint density at radius 2 is 2.03 bits per heavy atom. The summed E-state index contributed by atoms with van der Waals surface area (Å²) in [5.74, 6) is 0.0859. The van der Waals surface area contributed by atoms with Crippen LogP contribution in [-0.2, 0) is 0 Å². The Bertz CT molecular complexity index is 1230. The maximum absolute atomic E-state index is 13.3. The lowest BCUT2D eigenvalue weighted by atomic mass is 10.1. The molecule has 0 saturated carbocycles. The van der Waals surface area contributed by atoms with Crippen LogP contribution in [0.4, 0.5) is 0 Å². The molecule has 0 aliphatic carbocycles. The van der Waals surface area contributed by atoms with Gasteiger partial charge in [0.1, 0.15) is 5.65 Å². The van der Waals surface area contributed by atoms with Crippen molar-refractivity contribution in [3.05, 3.63) is 54.6 Å². The molecular weight excluding hydrogens is 364 g/mol. The molecule has 0 radical (unpaired) electrons. The van der Waals surface area contributed by atoms with Crippen molar-refractivity contribution in [1.29, 1.82) is 0 Å². The maximum Gasteiger partial charge on any atom is 0.257 e. The molecule has 1 amide bonds. The third-order valence-corrected chi connectivity index (χ3v) is 6.65. The molecule has 2 aliphatic rings. The zero-order valence-corrected chi connectivity index (χ0v) is 16.2. The van der Waals surface area contributed by atoms with Gasteiger partial charge in [-0.25, -0.2) is 9.50 Å². The quantitative estimate of drug-likeness (QED) is 0.575. The topological polar surface area (TPSA) is 69.5 Å². The molecule has 6 rings (SSSR count). The summed E-state index contributed by atoms with van der Waals surface area (Å²) in [5, 5.41) is 5.50. The summed E-state index contributed by atoms with van der Waals surface area (Å²) >= 11 is 0. The Balaban J connectivity index is 1.39. The summed E-state index contributed by atoms with van der Waals surface area (Å²) in [6.45, 7) is 1.61. The molecule has 4 aromatic rings. The Hall–Kier alpha value is -3.19. The molecule has 7 heteroatoms. The molecule has 6 heterocycles. The van der Waals surface area contributed by atoms with Crippen molar-refractivity contribution in [3.63, 3.8) is 0 Å². The fourth-order valence-electron chi connectivity index (χ4n) is 4.96. The van der Waals surface area contributed by atoms with E-state index in [-0.39, 0.29) is 5.91 Å². The van der Waals surface area contributed by atoms with Gasteiger partial charge in [0.15, 0.2) is 0 Å². The highest BCUT2D eigenvalue weighted by molar-refractivity contribution is 6.02. The third-order valence-electron chi connectivity index (χ3n) is 6.65. The summed E-state index contributed by atoms with van der Waals surface area (Å²) in [4.78, 5) is 25.4. The highest BCUT2D eigenvalue weighted by atomic mass is 16.2. The van der Waals surface area contributed by atoms with Crippen LogP contribution in [0.15, 0.2) is 49.1 Å². The molecule has 0 aromatic carbocycles. The van der Waals surface area contributed by atoms with Crippen molar-refractivity contribution >= 4 is 22.5 Å². The SMILES string of the molecule is CN1C2CCC1CN(C(=O)c1cnn3ccc(-c4c[nH]c5ncccc45)cc13)C2. The van der Waals surface area contributed by atoms with E-state index >= 15 is 0 Å². The van der Waals surface area contributed by atoms with Crippen molar-refractivity contribution < 1.29 is 4.79 Å². The van der Waals surface area contributed by atoms with Crippen molar-refractivity contribution in [2.75, 3.05) is 20.1 Å². The van der Waals surface area contributed by atoms with Gasteiger partial charge in [-0.1, -0.05) is 0 Å². The van der Waals surface area contributed by atoms with Crippen LogP contribution in [0, 0.1) is 0 Å². The number of carbonyl (C=O) groups is 1. The smallest absolute Gasteiger partial charge is 0.257 e. The molecule has 2 saturated heterocycles. The molecule has 2 fully saturated rings. The van der Waals surface area contributed by atoms with Gasteiger partial charge >= 0.3 is 0 Å². The molecule has 1 N–H and O–H groups in total. The average Bonchev–Trinajstić information content (AvgIpc) is 3.40. The van der Waals surface area contributed by atoms with Gasteiger partial charge in [0.25, 0.3) is 5.91 Å². The predicted molar refractivity (Wildman–Crippen MR) is 111 cm³/mol. The molecular formula is C22H22N6O. The highest BCUT2D eigenvalue weighted by Crippen LogP contribution is 2.31. The minimum absolute atomic E-state index is 0.0859. The normalized spacial score (nSPS) is 22.0. The number of hydrogen-bond donors (Lipinski definition) is 1. The van der Waals surface area contributed by atoms with E-state index in [4.69, 9.17) is 0 Å². The third kappa shape index (κ3) is 2.50. The summed E-state index contributed by atoms with van der Waals surface area (Å²) in [6.07, 6.45) is 9.74. The van der Waals surface area contributed by atoms with E-state index in [1.807, 2.05) is 29.4 Å². The zero-order valence-electron chi connectivity index (χ0n) is 16.2. The highest BCUT2D eigenvalue weighted by Gasteiger charge is 2.39. The van der Waals surface area contributed by atoms with Gasteiger partial charge in [-0.15, -0.1) is 0 Å². The summed E-state index contributed by atoms with van der Waals surface area (Å²) in [7, 11) is 2.18.